The number of nitrogens with zero attached hydrogens (tertiary/aromatic N) is 2. The van der Waals surface area contributed by atoms with Gasteiger partial charge in [0.25, 0.3) is 5.91 Å². The molecule has 0 atom stereocenters. The summed E-state index contributed by atoms with van der Waals surface area (Å²) in [5, 5.41) is 0. The number of carbonyl (C=O) groups excluding carboxylic acids is 2. The lowest BCUT2D eigenvalue weighted by Gasteiger charge is -2.37. The van der Waals surface area contributed by atoms with Crippen molar-refractivity contribution in [3.8, 4) is 0 Å². The van der Waals surface area contributed by atoms with E-state index in [0.29, 0.717) is 39.0 Å². The monoisotopic (exact) mass is 400 g/mol. The second-order valence-electron chi connectivity index (χ2n) is 7.74. The van der Waals surface area contributed by atoms with Crippen LogP contribution in [-0.2, 0) is 11.3 Å². The highest BCUT2D eigenvalue weighted by Gasteiger charge is 2.47. The summed E-state index contributed by atoms with van der Waals surface area (Å²) >= 11 is 0. The van der Waals surface area contributed by atoms with Gasteiger partial charge in [0.1, 0.15) is 5.60 Å². The SMILES string of the molecule is Cc1ccc(C(=O)N2CCC3(CC2)CN(Cc2ccccc2)C(=O)O3)c(F)c1F. The van der Waals surface area contributed by atoms with Crippen LogP contribution in [0.1, 0.15) is 34.3 Å². The molecule has 2 saturated heterocycles. The highest BCUT2D eigenvalue weighted by Crippen LogP contribution is 2.34. The zero-order valence-electron chi connectivity index (χ0n) is 16.2. The van der Waals surface area contributed by atoms with Crippen LogP contribution in [0.2, 0.25) is 0 Å². The quantitative estimate of drug-likeness (QED) is 0.785. The van der Waals surface area contributed by atoms with E-state index >= 15 is 0 Å². The first-order valence-corrected chi connectivity index (χ1v) is 9.64. The molecule has 2 fully saturated rings. The lowest BCUT2D eigenvalue weighted by molar-refractivity contribution is 0.00299. The van der Waals surface area contributed by atoms with Crippen molar-refractivity contribution < 1.29 is 23.1 Å². The molecule has 2 aliphatic heterocycles. The molecular formula is C22H22F2N2O3. The van der Waals surface area contributed by atoms with E-state index in [4.69, 9.17) is 4.74 Å². The molecule has 0 aliphatic carbocycles. The first-order chi connectivity index (χ1) is 13.9. The maximum atomic E-state index is 14.2. The number of hydrogen-bond donors (Lipinski definition) is 0. The average molecular weight is 400 g/mol. The third-order valence-electron chi connectivity index (χ3n) is 5.72. The summed E-state index contributed by atoms with van der Waals surface area (Å²) in [6.45, 7) is 3.02. The van der Waals surface area contributed by atoms with Gasteiger partial charge in [0.05, 0.1) is 12.1 Å². The van der Waals surface area contributed by atoms with Crippen LogP contribution in [0.4, 0.5) is 13.6 Å². The number of piperidine rings is 1. The van der Waals surface area contributed by atoms with Gasteiger partial charge in [-0.25, -0.2) is 13.6 Å². The molecule has 0 saturated carbocycles. The van der Waals surface area contributed by atoms with Gasteiger partial charge >= 0.3 is 6.09 Å². The molecule has 0 bridgehead atoms. The van der Waals surface area contributed by atoms with E-state index < -0.39 is 23.1 Å². The van der Waals surface area contributed by atoms with Gasteiger partial charge in [0.2, 0.25) is 0 Å². The molecule has 152 valence electrons. The maximum absolute atomic E-state index is 14.2. The predicted octanol–water partition coefficient (Wildman–Crippen LogP) is 3.90. The van der Waals surface area contributed by atoms with Crippen LogP contribution < -0.4 is 0 Å². The van der Waals surface area contributed by atoms with Crippen molar-refractivity contribution in [1.82, 2.24) is 9.80 Å². The minimum absolute atomic E-state index is 0.160. The van der Waals surface area contributed by atoms with Gasteiger partial charge in [-0.05, 0) is 24.1 Å². The second kappa shape index (κ2) is 7.46. The Bertz CT molecular complexity index is 941. The Kier molecular flexibility index (Phi) is 4.98. The number of hydrogen-bond acceptors (Lipinski definition) is 3. The van der Waals surface area contributed by atoms with Crippen LogP contribution in [0.15, 0.2) is 42.5 Å². The van der Waals surface area contributed by atoms with Crippen molar-refractivity contribution in [2.24, 2.45) is 0 Å². The highest BCUT2D eigenvalue weighted by atomic mass is 19.2. The Balaban J connectivity index is 1.41. The molecule has 2 heterocycles. The third-order valence-corrected chi connectivity index (χ3v) is 5.72. The number of halogens is 2. The number of carbonyl (C=O) groups is 2. The van der Waals surface area contributed by atoms with Crippen LogP contribution in [0, 0.1) is 18.6 Å². The van der Waals surface area contributed by atoms with Crippen molar-refractivity contribution in [1.29, 1.82) is 0 Å². The van der Waals surface area contributed by atoms with Gasteiger partial charge in [0, 0.05) is 32.5 Å². The summed E-state index contributed by atoms with van der Waals surface area (Å²) in [6.07, 6.45) is 0.567. The van der Waals surface area contributed by atoms with Crippen molar-refractivity contribution in [3.05, 3.63) is 70.8 Å². The number of ether oxygens (including phenoxy) is 1. The molecule has 0 unspecified atom stereocenters. The van der Waals surface area contributed by atoms with Crippen LogP contribution >= 0.6 is 0 Å². The normalized spacial score (nSPS) is 18.2. The molecule has 2 aromatic carbocycles. The molecule has 1 spiro atoms. The number of rotatable bonds is 3. The molecule has 4 rings (SSSR count). The van der Waals surface area contributed by atoms with Crippen LogP contribution in [-0.4, -0.2) is 47.0 Å². The average Bonchev–Trinajstić information content (AvgIpc) is 3.01. The molecular weight excluding hydrogens is 378 g/mol. The van der Waals surface area contributed by atoms with E-state index in [0.717, 1.165) is 5.56 Å². The Morgan fingerprint density at radius 1 is 1.07 bits per heavy atom. The Morgan fingerprint density at radius 2 is 1.76 bits per heavy atom. The van der Waals surface area contributed by atoms with Crippen LogP contribution in [0.3, 0.4) is 0 Å². The predicted molar refractivity (Wildman–Crippen MR) is 102 cm³/mol. The molecule has 0 N–H and O–H groups in total. The standard InChI is InChI=1S/C22H22F2N2O3/c1-15-7-8-17(19(24)18(15)23)20(27)25-11-9-22(10-12-25)14-26(21(28)29-22)13-16-5-3-2-4-6-16/h2-8H,9-14H2,1H3. The maximum Gasteiger partial charge on any atom is 0.410 e. The van der Waals surface area contributed by atoms with E-state index in [9.17, 15) is 18.4 Å². The lowest BCUT2D eigenvalue weighted by Crippen LogP contribution is -2.48. The summed E-state index contributed by atoms with van der Waals surface area (Å²) in [4.78, 5) is 28.2. The van der Waals surface area contributed by atoms with E-state index in [2.05, 4.69) is 0 Å². The van der Waals surface area contributed by atoms with Crippen molar-refractivity contribution in [3.63, 3.8) is 0 Å². The first-order valence-electron chi connectivity index (χ1n) is 9.64. The fraction of sp³-hybridized carbons (Fsp3) is 0.364. The molecule has 5 nitrogen and oxygen atoms in total. The lowest BCUT2D eigenvalue weighted by atomic mass is 9.91. The largest absolute Gasteiger partial charge is 0.441 e. The minimum Gasteiger partial charge on any atom is -0.441 e. The molecule has 2 amide bonds. The highest BCUT2D eigenvalue weighted by molar-refractivity contribution is 5.94. The first kappa shape index (κ1) is 19.4. The Morgan fingerprint density at radius 3 is 2.45 bits per heavy atom. The van der Waals surface area contributed by atoms with Gasteiger partial charge in [-0.3, -0.25) is 9.69 Å². The van der Waals surface area contributed by atoms with Gasteiger partial charge in [-0.15, -0.1) is 0 Å². The number of aryl methyl sites for hydroxylation is 1. The Hall–Kier alpha value is -2.96. The Labute approximate surface area is 167 Å². The summed E-state index contributed by atoms with van der Waals surface area (Å²) in [5.74, 6) is -2.65. The number of likely N-dealkylation sites (tertiary alicyclic amines) is 1. The zero-order chi connectivity index (χ0) is 20.6. The van der Waals surface area contributed by atoms with E-state index in [1.807, 2.05) is 30.3 Å². The number of benzene rings is 2. The summed E-state index contributed by atoms with van der Waals surface area (Å²) in [5.41, 5.74) is 0.275. The molecule has 0 radical (unpaired) electrons. The fourth-order valence-corrected chi connectivity index (χ4v) is 3.98. The van der Waals surface area contributed by atoms with Crippen LogP contribution in [0.5, 0.6) is 0 Å². The summed E-state index contributed by atoms with van der Waals surface area (Å²) < 4.78 is 33.7. The summed E-state index contributed by atoms with van der Waals surface area (Å²) in [6, 6.07) is 12.4. The summed E-state index contributed by atoms with van der Waals surface area (Å²) in [7, 11) is 0. The van der Waals surface area contributed by atoms with Gasteiger partial charge in [-0.1, -0.05) is 36.4 Å². The second-order valence-corrected chi connectivity index (χ2v) is 7.74. The fourth-order valence-electron chi connectivity index (χ4n) is 3.98. The molecule has 2 aromatic rings. The molecule has 29 heavy (non-hydrogen) atoms. The number of amides is 2. The minimum atomic E-state index is -1.11. The molecule has 7 heteroatoms. The molecule has 0 aromatic heterocycles. The van der Waals surface area contributed by atoms with Crippen molar-refractivity contribution in [2.75, 3.05) is 19.6 Å². The van der Waals surface area contributed by atoms with Crippen LogP contribution in [0.25, 0.3) is 0 Å². The van der Waals surface area contributed by atoms with Gasteiger partial charge in [0.15, 0.2) is 11.6 Å². The van der Waals surface area contributed by atoms with Gasteiger partial charge in [-0.2, -0.15) is 0 Å². The third kappa shape index (κ3) is 3.69. The van der Waals surface area contributed by atoms with Gasteiger partial charge < -0.3 is 9.64 Å². The van der Waals surface area contributed by atoms with E-state index in [1.54, 1.807) is 4.90 Å². The van der Waals surface area contributed by atoms with E-state index in [1.165, 1.54) is 24.0 Å². The molecule has 2 aliphatic rings. The van der Waals surface area contributed by atoms with Crippen molar-refractivity contribution >= 4 is 12.0 Å². The van der Waals surface area contributed by atoms with E-state index in [-0.39, 0.29) is 17.2 Å². The van der Waals surface area contributed by atoms with Crippen molar-refractivity contribution in [2.45, 2.75) is 31.9 Å². The smallest absolute Gasteiger partial charge is 0.410 e. The zero-order valence-corrected chi connectivity index (χ0v) is 16.2. The topological polar surface area (TPSA) is 49.9 Å².